The van der Waals surface area contributed by atoms with Crippen LogP contribution in [0.15, 0.2) is 108 Å². The molecule has 0 aliphatic heterocycles. The monoisotopic (exact) mass is 415 g/mol. The predicted molar refractivity (Wildman–Crippen MR) is 130 cm³/mol. The van der Waals surface area contributed by atoms with Crippen molar-refractivity contribution in [2.24, 2.45) is 7.05 Å². The van der Waals surface area contributed by atoms with Crippen molar-refractivity contribution in [3.8, 4) is 28.2 Å². The van der Waals surface area contributed by atoms with E-state index in [1.165, 1.54) is 5.56 Å². The van der Waals surface area contributed by atoms with E-state index < -0.39 is 0 Å². The molecule has 0 aliphatic rings. The molecule has 154 valence electrons. The minimum Gasteiger partial charge on any atom is -0.454 e. The first-order chi connectivity index (χ1) is 15.7. The summed E-state index contributed by atoms with van der Waals surface area (Å²) in [7, 11) is 2.09. The fourth-order valence-electron chi connectivity index (χ4n) is 4.65. The van der Waals surface area contributed by atoms with Gasteiger partial charge in [0.2, 0.25) is 0 Å². The molecule has 0 atom stereocenters. The Morgan fingerprint density at radius 3 is 2.22 bits per heavy atom. The number of furan rings is 1. The second kappa shape index (κ2) is 7.24. The summed E-state index contributed by atoms with van der Waals surface area (Å²) < 4.78 is 11.1. The highest BCUT2D eigenvalue weighted by Crippen LogP contribution is 2.40. The molecule has 3 nitrogen and oxygen atoms in total. The quantitative estimate of drug-likeness (QED) is 0.290. The summed E-state index contributed by atoms with van der Waals surface area (Å²) in [6, 6.07) is 31.7. The summed E-state index contributed by atoms with van der Waals surface area (Å²) in [5.74, 6) is 1.10. The number of para-hydroxylation sites is 2. The molecule has 2 aromatic heterocycles. The van der Waals surface area contributed by atoms with Crippen molar-refractivity contribution in [1.82, 2.24) is 4.57 Å². The number of hydrogen-bond acceptors (Lipinski definition) is 1. The molecule has 0 N–H and O–H groups in total. The Bertz CT molecular complexity index is 1570. The van der Waals surface area contributed by atoms with Crippen molar-refractivity contribution in [1.29, 1.82) is 0 Å². The van der Waals surface area contributed by atoms with E-state index in [0.29, 0.717) is 0 Å². The first kappa shape index (κ1) is 18.6. The van der Waals surface area contributed by atoms with Gasteiger partial charge in [-0.25, -0.2) is 4.57 Å². The Morgan fingerprint density at radius 2 is 1.44 bits per heavy atom. The number of fused-ring (bicyclic) bond motifs is 3. The smallest absolute Gasteiger partial charge is 0.297 e. The SMILES string of the molecule is Cc1ccc2c(oc3c(-c4ccccc4)cccc32)c1-c1n(-c2ccccc2)cc[n+]1C. The zero-order chi connectivity index (χ0) is 21.7. The van der Waals surface area contributed by atoms with Crippen LogP contribution in [0.2, 0.25) is 0 Å². The van der Waals surface area contributed by atoms with Gasteiger partial charge in [0.1, 0.15) is 29.2 Å². The van der Waals surface area contributed by atoms with E-state index in [-0.39, 0.29) is 0 Å². The molecule has 0 unspecified atom stereocenters. The first-order valence-corrected chi connectivity index (χ1v) is 10.9. The fraction of sp³-hybridized carbons (Fsp3) is 0.0690. The Kier molecular flexibility index (Phi) is 4.22. The Morgan fingerprint density at radius 1 is 0.719 bits per heavy atom. The number of aryl methyl sites for hydroxylation is 2. The molecular weight excluding hydrogens is 392 g/mol. The van der Waals surface area contributed by atoms with Gasteiger partial charge in [-0.3, -0.25) is 0 Å². The lowest BCUT2D eigenvalue weighted by atomic mass is 10.0. The van der Waals surface area contributed by atoms with Gasteiger partial charge in [-0.05, 0) is 30.2 Å². The maximum Gasteiger partial charge on any atom is 0.297 e. The molecule has 4 aromatic carbocycles. The van der Waals surface area contributed by atoms with Crippen molar-refractivity contribution in [2.75, 3.05) is 0 Å². The number of nitrogens with zero attached hydrogens (tertiary/aromatic N) is 2. The van der Waals surface area contributed by atoms with Gasteiger partial charge in [-0.1, -0.05) is 78.9 Å². The molecule has 0 saturated heterocycles. The maximum atomic E-state index is 6.69. The van der Waals surface area contributed by atoms with E-state index in [0.717, 1.165) is 50.1 Å². The Hall–Kier alpha value is -4.11. The summed E-state index contributed by atoms with van der Waals surface area (Å²) >= 11 is 0. The van der Waals surface area contributed by atoms with Crippen molar-refractivity contribution in [3.05, 3.63) is 109 Å². The standard InChI is InChI=1S/C29H23N2O/c1-20-16-17-25-24-15-9-14-23(21-10-5-3-6-11-21)27(24)32-28(25)26(20)29-30(2)18-19-31(29)22-12-7-4-8-13-22/h3-19H,1-2H3/q+1. The lowest BCUT2D eigenvalue weighted by molar-refractivity contribution is -0.659. The third-order valence-corrected chi connectivity index (χ3v) is 6.22. The first-order valence-electron chi connectivity index (χ1n) is 10.9. The topological polar surface area (TPSA) is 21.9 Å². The van der Waals surface area contributed by atoms with Gasteiger partial charge in [0.15, 0.2) is 5.58 Å². The van der Waals surface area contributed by atoms with Crippen LogP contribution in [0.4, 0.5) is 0 Å². The summed E-state index contributed by atoms with van der Waals surface area (Å²) in [6.45, 7) is 2.16. The van der Waals surface area contributed by atoms with Crippen LogP contribution in [0.3, 0.4) is 0 Å². The second-order valence-corrected chi connectivity index (χ2v) is 8.22. The van der Waals surface area contributed by atoms with E-state index in [9.17, 15) is 0 Å². The molecule has 0 spiro atoms. The average molecular weight is 416 g/mol. The number of hydrogen-bond donors (Lipinski definition) is 0. The minimum absolute atomic E-state index is 0.926. The van der Waals surface area contributed by atoms with Gasteiger partial charge >= 0.3 is 0 Å². The van der Waals surface area contributed by atoms with Crippen LogP contribution in [-0.4, -0.2) is 4.57 Å². The maximum absolute atomic E-state index is 6.69. The summed E-state index contributed by atoms with van der Waals surface area (Å²) in [4.78, 5) is 0. The van der Waals surface area contributed by atoms with Crippen LogP contribution < -0.4 is 4.57 Å². The molecule has 0 bridgehead atoms. The molecular formula is C29H23N2O+. The Labute approximate surface area is 186 Å². The highest BCUT2D eigenvalue weighted by molar-refractivity contribution is 6.13. The van der Waals surface area contributed by atoms with Gasteiger partial charge in [0, 0.05) is 16.3 Å². The number of rotatable bonds is 3. The van der Waals surface area contributed by atoms with E-state index >= 15 is 0 Å². The molecule has 2 heterocycles. The fourth-order valence-corrected chi connectivity index (χ4v) is 4.65. The van der Waals surface area contributed by atoms with E-state index in [4.69, 9.17) is 4.42 Å². The molecule has 0 amide bonds. The zero-order valence-corrected chi connectivity index (χ0v) is 18.1. The molecule has 6 aromatic rings. The van der Waals surface area contributed by atoms with Crippen LogP contribution >= 0.6 is 0 Å². The van der Waals surface area contributed by atoms with Crippen LogP contribution in [0.25, 0.3) is 50.1 Å². The molecule has 3 heteroatoms. The minimum atomic E-state index is 0.926. The van der Waals surface area contributed by atoms with E-state index in [2.05, 4.69) is 114 Å². The van der Waals surface area contributed by atoms with Crippen LogP contribution in [0.1, 0.15) is 5.56 Å². The van der Waals surface area contributed by atoms with Crippen molar-refractivity contribution >= 4 is 21.9 Å². The molecule has 0 saturated carbocycles. The average Bonchev–Trinajstić information content (AvgIpc) is 3.40. The lowest BCUT2D eigenvalue weighted by Crippen LogP contribution is -2.29. The van der Waals surface area contributed by atoms with Crippen LogP contribution in [0.5, 0.6) is 0 Å². The van der Waals surface area contributed by atoms with Gasteiger partial charge in [-0.2, -0.15) is 4.57 Å². The summed E-state index contributed by atoms with van der Waals surface area (Å²) in [5.41, 5.74) is 7.56. The Balaban J connectivity index is 1.69. The van der Waals surface area contributed by atoms with Gasteiger partial charge in [-0.15, -0.1) is 0 Å². The van der Waals surface area contributed by atoms with Gasteiger partial charge < -0.3 is 4.42 Å². The second-order valence-electron chi connectivity index (χ2n) is 8.22. The lowest BCUT2D eigenvalue weighted by Gasteiger charge is -2.07. The van der Waals surface area contributed by atoms with Crippen molar-refractivity contribution in [3.63, 3.8) is 0 Å². The summed E-state index contributed by atoms with van der Waals surface area (Å²) in [6.07, 6.45) is 4.21. The van der Waals surface area contributed by atoms with Crippen LogP contribution in [-0.2, 0) is 7.05 Å². The molecule has 6 rings (SSSR count). The third-order valence-electron chi connectivity index (χ3n) is 6.22. The molecule has 0 fully saturated rings. The highest BCUT2D eigenvalue weighted by atomic mass is 16.3. The predicted octanol–water partition coefficient (Wildman–Crippen LogP) is 6.84. The normalized spacial score (nSPS) is 11.4. The number of imidazole rings is 1. The zero-order valence-electron chi connectivity index (χ0n) is 18.1. The van der Waals surface area contributed by atoms with Gasteiger partial charge in [0.05, 0.1) is 7.05 Å². The molecule has 0 aliphatic carbocycles. The molecule has 32 heavy (non-hydrogen) atoms. The highest BCUT2D eigenvalue weighted by Gasteiger charge is 2.26. The molecule has 0 radical (unpaired) electrons. The number of benzene rings is 4. The van der Waals surface area contributed by atoms with E-state index in [1.807, 2.05) is 12.1 Å². The van der Waals surface area contributed by atoms with Crippen molar-refractivity contribution in [2.45, 2.75) is 6.92 Å². The van der Waals surface area contributed by atoms with Crippen LogP contribution in [0, 0.1) is 6.92 Å². The van der Waals surface area contributed by atoms with Crippen molar-refractivity contribution < 1.29 is 8.98 Å². The largest absolute Gasteiger partial charge is 0.454 e. The summed E-state index contributed by atoms with van der Waals surface area (Å²) in [5, 5.41) is 2.28. The number of aromatic nitrogens is 2. The third kappa shape index (κ3) is 2.78. The van der Waals surface area contributed by atoms with Gasteiger partial charge in [0.25, 0.3) is 5.82 Å². The van der Waals surface area contributed by atoms with E-state index in [1.54, 1.807) is 0 Å².